The molecule has 0 unspecified atom stereocenters. The molecule has 3 fully saturated rings. The van der Waals surface area contributed by atoms with Crippen LogP contribution in [0.5, 0.6) is 0 Å². The second kappa shape index (κ2) is 5.21. The van der Waals surface area contributed by atoms with Gasteiger partial charge in [-0.1, -0.05) is 12.8 Å². The van der Waals surface area contributed by atoms with Crippen molar-refractivity contribution in [3.63, 3.8) is 0 Å². The van der Waals surface area contributed by atoms with E-state index in [-0.39, 0.29) is 0 Å². The lowest BCUT2D eigenvalue weighted by Crippen LogP contribution is -2.77. The van der Waals surface area contributed by atoms with E-state index in [4.69, 9.17) is 8.85 Å². The second-order valence-electron chi connectivity index (χ2n) is 5.87. The zero-order valence-electron chi connectivity index (χ0n) is 11.7. The van der Waals surface area contributed by atoms with Gasteiger partial charge in [0, 0.05) is 26.3 Å². The van der Waals surface area contributed by atoms with Crippen molar-refractivity contribution in [3.8, 4) is 0 Å². The van der Waals surface area contributed by atoms with Crippen LogP contribution in [0.2, 0.25) is 0 Å². The average molecular weight is 270 g/mol. The minimum Gasteiger partial charge on any atom is -0.374 e. The summed E-state index contributed by atoms with van der Waals surface area (Å²) in [6.07, 6.45) is 9.36. The largest absolute Gasteiger partial charge is 0.522 e. The van der Waals surface area contributed by atoms with Crippen LogP contribution in [0.1, 0.15) is 44.9 Å². The molecule has 0 bridgehead atoms. The molecule has 4 nitrogen and oxygen atoms in total. The van der Waals surface area contributed by atoms with Gasteiger partial charge in [-0.05, 0) is 45.2 Å². The molecule has 1 saturated heterocycles. The fourth-order valence-electron chi connectivity index (χ4n) is 3.63. The van der Waals surface area contributed by atoms with Crippen LogP contribution in [-0.4, -0.2) is 57.4 Å². The molecule has 3 aliphatic rings. The van der Waals surface area contributed by atoms with E-state index in [0.717, 1.165) is 12.1 Å². The first-order valence-corrected chi connectivity index (χ1v) is 9.16. The fourth-order valence-corrected chi connectivity index (χ4v) is 7.39. The highest BCUT2D eigenvalue weighted by atomic mass is 28.4. The van der Waals surface area contributed by atoms with Crippen LogP contribution in [0.3, 0.4) is 0 Å². The zero-order chi connectivity index (χ0) is 12.6. The normalized spacial score (nSPS) is 31.0. The summed E-state index contributed by atoms with van der Waals surface area (Å²) < 4.78 is 17.3. The Morgan fingerprint density at radius 2 is 1.22 bits per heavy atom. The molecule has 0 aromatic heterocycles. The van der Waals surface area contributed by atoms with Crippen molar-refractivity contribution in [1.29, 1.82) is 0 Å². The van der Waals surface area contributed by atoms with E-state index in [1.165, 1.54) is 58.0 Å². The van der Waals surface area contributed by atoms with E-state index < -0.39 is 8.88 Å². The predicted octanol–water partition coefficient (Wildman–Crippen LogP) is 1.83. The monoisotopic (exact) mass is 270 g/mol. The van der Waals surface area contributed by atoms with Gasteiger partial charge in [0.05, 0.1) is 0 Å². The van der Waals surface area contributed by atoms with Crippen molar-refractivity contribution in [3.05, 3.63) is 0 Å². The van der Waals surface area contributed by atoms with Crippen molar-refractivity contribution >= 4 is 8.88 Å². The molecule has 1 heterocycles. The Morgan fingerprint density at radius 1 is 0.778 bits per heavy atom. The van der Waals surface area contributed by atoms with Crippen LogP contribution >= 0.6 is 0 Å². The SMILES string of the molecule is CO[Si]1(OC)N(C2CCC2)CCCN1C1CCC1. The van der Waals surface area contributed by atoms with Gasteiger partial charge in [-0.3, -0.25) is 9.13 Å². The Kier molecular flexibility index (Phi) is 3.78. The van der Waals surface area contributed by atoms with Crippen molar-refractivity contribution in [2.75, 3.05) is 27.3 Å². The molecule has 0 atom stereocenters. The minimum absolute atomic E-state index is 0.722. The Hall–Kier alpha value is 0.0569. The van der Waals surface area contributed by atoms with E-state index >= 15 is 0 Å². The standard InChI is InChI=1S/C13H26N2O2Si/c1-16-18(17-2)14(12-6-3-7-12)10-5-11-15(18)13-8-4-9-13/h12-13H,3-11H2,1-2H3. The van der Waals surface area contributed by atoms with Gasteiger partial charge in [0.15, 0.2) is 0 Å². The van der Waals surface area contributed by atoms with Gasteiger partial charge in [-0.2, -0.15) is 0 Å². The first kappa shape index (κ1) is 13.1. The third kappa shape index (κ3) is 1.88. The van der Waals surface area contributed by atoms with Crippen LogP contribution in [-0.2, 0) is 8.85 Å². The predicted molar refractivity (Wildman–Crippen MR) is 73.1 cm³/mol. The third-order valence-electron chi connectivity index (χ3n) is 5.09. The lowest BCUT2D eigenvalue weighted by atomic mass is 9.92. The van der Waals surface area contributed by atoms with E-state index in [9.17, 15) is 0 Å². The lowest BCUT2D eigenvalue weighted by molar-refractivity contribution is 0.00590. The van der Waals surface area contributed by atoms with E-state index in [1.54, 1.807) is 0 Å². The van der Waals surface area contributed by atoms with Crippen LogP contribution in [0.25, 0.3) is 0 Å². The summed E-state index contributed by atoms with van der Waals surface area (Å²) in [5, 5.41) is 0. The van der Waals surface area contributed by atoms with Gasteiger partial charge in [0.1, 0.15) is 0 Å². The maximum atomic E-state index is 6.04. The fraction of sp³-hybridized carbons (Fsp3) is 1.00. The van der Waals surface area contributed by atoms with Gasteiger partial charge in [0.25, 0.3) is 0 Å². The molecule has 0 spiro atoms. The summed E-state index contributed by atoms with van der Waals surface area (Å²) in [5.74, 6) is 0. The maximum absolute atomic E-state index is 6.04. The van der Waals surface area contributed by atoms with Crippen molar-refractivity contribution in [2.24, 2.45) is 0 Å². The van der Waals surface area contributed by atoms with Crippen molar-refractivity contribution < 1.29 is 8.85 Å². The Labute approximate surface area is 112 Å². The number of nitrogens with zero attached hydrogens (tertiary/aromatic N) is 2. The molecule has 0 aromatic carbocycles. The Bertz CT molecular complexity index is 267. The second-order valence-corrected chi connectivity index (χ2v) is 8.93. The average Bonchev–Trinajstić information content (AvgIpc) is 2.26. The molecular weight excluding hydrogens is 244 g/mol. The number of hydrogen-bond donors (Lipinski definition) is 0. The van der Waals surface area contributed by atoms with Crippen LogP contribution in [0, 0.1) is 0 Å². The first-order chi connectivity index (χ1) is 8.81. The molecule has 0 radical (unpaired) electrons. The van der Waals surface area contributed by atoms with E-state index in [0.29, 0.717) is 0 Å². The van der Waals surface area contributed by atoms with Crippen molar-refractivity contribution in [1.82, 2.24) is 9.13 Å². The lowest BCUT2D eigenvalue weighted by Gasteiger charge is -2.56. The molecule has 104 valence electrons. The molecule has 2 aliphatic carbocycles. The Morgan fingerprint density at radius 3 is 1.50 bits per heavy atom. The molecule has 2 saturated carbocycles. The smallest absolute Gasteiger partial charge is 0.374 e. The van der Waals surface area contributed by atoms with Gasteiger partial charge < -0.3 is 8.85 Å². The maximum Gasteiger partial charge on any atom is 0.522 e. The quantitative estimate of drug-likeness (QED) is 0.728. The summed E-state index contributed by atoms with van der Waals surface area (Å²) in [5.41, 5.74) is 0. The van der Waals surface area contributed by atoms with Crippen LogP contribution < -0.4 is 0 Å². The van der Waals surface area contributed by atoms with E-state index in [2.05, 4.69) is 9.13 Å². The number of rotatable bonds is 4. The summed E-state index contributed by atoms with van der Waals surface area (Å²) >= 11 is 0. The number of hydrogen-bond acceptors (Lipinski definition) is 4. The van der Waals surface area contributed by atoms with Gasteiger partial charge in [-0.15, -0.1) is 0 Å². The van der Waals surface area contributed by atoms with Crippen LogP contribution in [0.15, 0.2) is 0 Å². The highest BCUT2D eigenvalue weighted by Crippen LogP contribution is 2.38. The van der Waals surface area contributed by atoms with Crippen molar-refractivity contribution in [2.45, 2.75) is 57.0 Å². The molecule has 0 aromatic rings. The molecular formula is C13H26N2O2Si. The topological polar surface area (TPSA) is 24.9 Å². The van der Waals surface area contributed by atoms with Crippen LogP contribution in [0.4, 0.5) is 0 Å². The van der Waals surface area contributed by atoms with Gasteiger partial charge in [0.2, 0.25) is 0 Å². The molecule has 3 rings (SSSR count). The molecule has 0 N–H and O–H groups in total. The summed E-state index contributed by atoms with van der Waals surface area (Å²) in [4.78, 5) is 0. The molecule has 0 amide bonds. The van der Waals surface area contributed by atoms with Gasteiger partial charge in [-0.25, -0.2) is 0 Å². The molecule has 5 heteroatoms. The van der Waals surface area contributed by atoms with Gasteiger partial charge >= 0.3 is 8.88 Å². The summed E-state index contributed by atoms with van der Waals surface area (Å²) in [6.45, 7) is 2.34. The molecule has 1 aliphatic heterocycles. The highest BCUT2D eigenvalue weighted by Gasteiger charge is 2.58. The summed E-state index contributed by atoms with van der Waals surface area (Å²) in [7, 11) is 1.43. The first-order valence-electron chi connectivity index (χ1n) is 7.45. The minimum atomic E-state index is -2.29. The third-order valence-corrected chi connectivity index (χ3v) is 8.78. The molecule has 18 heavy (non-hydrogen) atoms. The Balaban J connectivity index is 1.83. The zero-order valence-corrected chi connectivity index (χ0v) is 12.7. The van der Waals surface area contributed by atoms with E-state index in [1.807, 2.05) is 14.2 Å². The highest BCUT2D eigenvalue weighted by molar-refractivity contribution is 6.61. The summed E-state index contributed by atoms with van der Waals surface area (Å²) in [6, 6.07) is 1.44.